The van der Waals surface area contributed by atoms with E-state index in [4.69, 9.17) is 37.1 Å². The van der Waals surface area contributed by atoms with Gasteiger partial charge in [0.15, 0.2) is 17.3 Å². The topological polar surface area (TPSA) is 82.6 Å². The van der Waals surface area contributed by atoms with E-state index in [1.807, 2.05) is 39.0 Å². The van der Waals surface area contributed by atoms with Crippen molar-refractivity contribution in [1.29, 1.82) is 0 Å². The van der Waals surface area contributed by atoms with E-state index in [1.165, 1.54) is 6.07 Å². The summed E-state index contributed by atoms with van der Waals surface area (Å²) in [5, 5.41) is 3.24. The highest BCUT2D eigenvalue weighted by Crippen LogP contribution is 2.44. The van der Waals surface area contributed by atoms with Gasteiger partial charge in [0.25, 0.3) is 8.32 Å². The van der Waals surface area contributed by atoms with E-state index in [9.17, 15) is 4.79 Å². The van der Waals surface area contributed by atoms with Gasteiger partial charge in [0.2, 0.25) is 0 Å². The van der Waals surface area contributed by atoms with Gasteiger partial charge in [-0.2, -0.15) is 0 Å². The molecule has 0 unspecified atom stereocenters. The molecule has 0 fully saturated rings. The van der Waals surface area contributed by atoms with Crippen molar-refractivity contribution in [2.24, 2.45) is 0 Å². The van der Waals surface area contributed by atoms with Crippen molar-refractivity contribution in [3.63, 3.8) is 0 Å². The molecule has 1 aromatic heterocycles. The highest BCUT2D eigenvalue weighted by molar-refractivity contribution is 6.74. The number of hydrogen-bond acceptors (Lipinski definition) is 6. The number of nitrogens with zero attached hydrogens (tertiary/aromatic N) is 2. The van der Waals surface area contributed by atoms with Crippen LogP contribution in [0.15, 0.2) is 24.3 Å². The number of benzene rings is 1. The van der Waals surface area contributed by atoms with Gasteiger partial charge in [-0.15, -0.1) is 0 Å². The lowest BCUT2D eigenvalue weighted by Gasteiger charge is -2.37. The van der Waals surface area contributed by atoms with E-state index < -0.39 is 14.4 Å². The number of rotatable bonds is 9. The lowest BCUT2D eigenvalue weighted by atomic mass is 10.1. The highest BCUT2D eigenvalue weighted by atomic mass is 35.5. The molecule has 0 radical (unpaired) electrons. The maximum atomic E-state index is 11.8. The van der Waals surface area contributed by atoms with E-state index in [-0.39, 0.29) is 20.9 Å². The van der Waals surface area contributed by atoms with Crippen LogP contribution in [0.25, 0.3) is 11.4 Å². The van der Waals surface area contributed by atoms with Crippen LogP contribution in [0.5, 0.6) is 11.5 Å². The van der Waals surface area contributed by atoms with Gasteiger partial charge in [-0.05, 0) is 63.9 Å². The normalized spacial score (nSPS) is 12.3. The standard InChI is InChI=1S/C25H37Cl2N3O4Si/c1-24(2,3)30-23(31)33-15-10-9-14-32-18-13-11-12-17(22-28-19(26)16-20(27)29-22)21(18)34-35(7,8)25(4,5)6/h11-13,16H,9-10,14-15H2,1-8H3,(H,30,31). The van der Waals surface area contributed by atoms with Crippen LogP contribution in [0, 0.1) is 0 Å². The minimum absolute atomic E-state index is 0.0326. The van der Waals surface area contributed by atoms with Gasteiger partial charge in [0.1, 0.15) is 10.3 Å². The van der Waals surface area contributed by atoms with Gasteiger partial charge >= 0.3 is 6.09 Å². The fraction of sp³-hybridized carbons (Fsp3) is 0.560. The molecule has 0 atom stereocenters. The Labute approximate surface area is 220 Å². The van der Waals surface area contributed by atoms with E-state index in [1.54, 1.807) is 0 Å². The number of aromatic nitrogens is 2. The molecule has 194 valence electrons. The molecule has 1 N–H and O–H groups in total. The lowest BCUT2D eigenvalue weighted by Crippen LogP contribution is -2.44. The van der Waals surface area contributed by atoms with Crippen molar-refractivity contribution in [3.05, 3.63) is 34.6 Å². The van der Waals surface area contributed by atoms with Crippen LogP contribution in [0.1, 0.15) is 54.4 Å². The zero-order valence-electron chi connectivity index (χ0n) is 21.9. The van der Waals surface area contributed by atoms with Crippen LogP contribution in [-0.2, 0) is 4.74 Å². The van der Waals surface area contributed by atoms with Crippen molar-refractivity contribution in [2.45, 2.75) is 78.1 Å². The van der Waals surface area contributed by atoms with Gasteiger partial charge < -0.3 is 19.2 Å². The summed E-state index contributed by atoms with van der Waals surface area (Å²) in [4.78, 5) is 20.5. The fourth-order valence-corrected chi connectivity index (χ4v) is 4.17. The third-order valence-corrected chi connectivity index (χ3v) is 10.3. The van der Waals surface area contributed by atoms with Crippen molar-refractivity contribution < 1.29 is 18.7 Å². The number of halogens is 2. The molecule has 2 aromatic rings. The highest BCUT2D eigenvalue weighted by Gasteiger charge is 2.40. The zero-order valence-corrected chi connectivity index (χ0v) is 24.4. The first kappa shape index (κ1) is 29.2. The Morgan fingerprint density at radius 1 is 1.00 bits per heavy atom. The van der Waals surface area contributed by atoms with Crippen molar-refractivity contribution >= 4 is 37.6 Å². The molecule has 2 rings (SSSR count). The third kappa shape index (κ3) is 9.16. The number of amides is 1. The summed E-state index contributed by atoms with van der Waals surface area (Å²) < 4.78 is 18.0. The summed E-state index contributed by atoms with van der Waals surface area (Å²) in [5.74, 6) is 1.55. The van der Waals surface area contributed by atoms with Crippen LogP contribution in [0.3, 0.4) is 0 Å². The largest absolute Gasteiger partial charge is 0.541 e. The van der Waals surface area contributed by atoms with Crippen LogP contribution in [0.4, 0.5) is 4.79 Å². The molecule has 0 aliphatic carbocycles. The first-order chi connectivity index (χ1) is 16.1. The van der Waals surface area contributed by atoms with E-state index >= 15 is 0 Å². The number of unbranched alkanes of at least 4 members (excludes halogenated alkanes) is 1. The SMILES string of the molecule is CC(C)(C)NC(=O)OCCCCOc1cccc(-c2nc(Cl)cc(Cl)n2)c1O[Si](C)(C)C(C)(C)C. The van der Waals surface area contributed by atoms with Gasteiger partial charge in [-0.1, -0.05) is 50.0 Å². The fourth-order valence-electron chi connectivity index (χ4n) is 2.72. The number of carbonyl (C=O) groups is 1. The van der Waals surface area contributed by atoms with Crippen molar-refractivity contribution in [3.8, 4) is 22.9 Å². The predicted octanol–water partition coefficient (Wildman–Crippen LogP) is 7.52. The number of alkyl carbamates (subject to hydrolysis) is 1. The van der Waals surface area contributed by atoms with Gasteiger partial charge in [-0.25, -0.2) is 14.8 Å². The number of para-hydroxylation sites is 1. The van der Waals surface area contributed by atoms with Crippen LogP contribution in [-0.4, -0.2) is 43.1 Å². The molecule has 0 saturated carbocycles. The summed E-state index contributed by atoms with van der Waals surface area (Å²) in [7, 11) is -2.23. The minimum atomic E-state index is -2.23. The Morgan fingerprint density at radius 3 is 2.17 bits per heavy atom. The monoisotopic (exact) mass is 541 g/mol. The van der Waals surface area contributed by atoms with Gasteiger partial charge in [0.05, 0.1) is 18.8 Å². The molecule has 0 bridgehead atoms. The first-order valence-electron chi connectivity index (χ1n) is 11.7. The van der Waals surface area contributed by atoms with E-state index in [0.29, 0.717) is 48.9 Å². The second-order valence-corrected chi connectivity index (χ2v) is 16.4. The maximum Gasteiger partial charge on any atom is 0.407 e. The smallest absolute Gasteiger partial charge is 0.407 e. The van der Waals surface area contributed by atoms with Crippen molar-refractivity contribution in [1.82, 2.24) is 15.3 Å². The average Bonchev–Trinajstić information content (AvgIpc) is 2.68. The quantitative estimate of drug-likeness (QED) is 0.201. The third-order valence-electron chi connectivity index (χ3n) is 5.55. The molecule has 1 heterocycles. The Bertz CT molecular complexity index is 1000. The number of nitrogens with one attached hydrogen (secondary N) is 1. The van der Waals surface area contributed by atoms with Crippen LogP contribution >= 0.6 is 23.2 Å². The number of carbonyl (C=O) groups excluding carboxylic acids is 1. The Balaban J connectivity index is 2.18. The molecule has 0 aliphatic heterocycles. The Morgan fingerprint density at radius 2 is 1.60 bits per heavy atom. The second-order valence-electron chi connectivity index (χ2n) is 10.9. The minimum Gasteiger partial charge on any atom is -0.541 e. The average molecular weight is 543 g/mol. The summed E-state index contributed by atoms with van der Waals surface area (Å²) in [6, 6.07) is 7.09. The number of hydrogen-bond donors (Lipinski definition) is 1. The maximum absolute atomic E-state index is 11.8. The van der Waals surface area contributed by atoms with Gasteiger partial charge in [0, 0.05) is 11.6 Å². The zero-order chi connectivity index (χ0) is 26.4. The lowest BCUT2D eigenvalue weighted by molar-refractivity contribution is 0.133. The van der Waals surface area contributed by atoms with Crippen LogP contribution < -0.4 is 14.5 Å². The predicted molar refractivity (Wildman–Crippen MR) is 144 cm³/mol. The molecular weight excluding hydrogens is 505 g/mol. The number of ether oxygens (including phenoxy) is 2. The molecule has 7 nitrogen and oxygen atoms in total. The summed E-state index contributed by atoms with van der Waals surface area (Å²) in [6.07, 6.45) is 0.950. The van der Waals surface area contributed by atoms with Crippen LogP contribution in [0.2, 0.25) is 28.4 Å². The molecule has 0 aliphatic rings. The Kier molecular flexibility index (Phi) is 9.85. The molecule has 10 heteroatoms. The second kappa shape index (κ2) is 11.8. The van der Waals surface area contributed by atoms with Gasteiger partial charge in [-0.3, -0.25) is 0 Å². The van der Waals surface area contributed by atoms with E-state index in [2.05, 4.69) is 49.1 Å². The molecule has 1 amide bonds. The first-order valence-corrected chi connectivity index (χ1v) is 15.4. The molecule has 0 spiro atoms. The van der Waals surface area contributed by atoms with Crippen molar-refractivity contribution in [2.75, 3.05) is 13.2 Å². The molecule has 1 aromatic carbocycles. The molecular formula is C25H37Cl2N3O4Si. The van der Waals surface area contributed by atoms with E-state index in [0.717, 1.165) is 0 Å². The molecule has 35 heavy (non-hydrogen) atoms. The summed E-state index contributed by atoms with van der Waals surface area (Å²) in [5.41, 5.74) is 0.335. The summed E-state index contributed by atoms with van der Waals surface area (Å²) >= 11 is 12.3. The Hall–Kier alpha value is -2.03. The summed E-state index contributed by atoms with van der Waals surface area (Å²) in [6.45, 7) is 17.3. The molecule has 0 saturated heterocycles.